The Bertz CT molecular complexity index is 1150. The minimum Gasteiger partial charge on any atom is -0.449 e. The highest BCUT2D eigenvalue weighted by Gasteiger charge is 2.35. The number of esters is 1. The van der Waals surface area contributed by atoms with Gasteiger partial charge in [0.15, 0.2) is 6.10 Å². The molecule has 164 valence electrons. The largest absolute Gasteiger partial charge is 0.449 e. The van der Waals surface area contributed by atoms with Gasteiger partial charge in [0.05, 0.1) is 27.3 Å². The van der Waals surface area contributed by atoms with E-state index in [1.165, 1.54) is 48.2 Å². The minimum absolute atomic E-state index is 0.0586. The van der Waals surface area contributed by atoms with E-state index in [4.69, 9.17) is 21.6 Å². The van der Waals surface area contributed by atoms with Crippen LogP contribution in [0.2, 0.25) is 5.02 Å². The second kappa shape index (κ2) is 9.62. The molecule has 3 rings (SSSR count). The van der Waals surface area contributed by atoms with Crippen LogP contribution < -0.4 is 5.32 Å². The normalized spacial score (nSPS) is 13.4. The third kappa shape index (κ3) is 4.63. The lowest BCUT2D eigenvalue weighted by Gasteiger charge is -2.14. The summed E-state index contributed by atoms with van der Waals surface area (Å²) in [6.07, 6.45) is 0.375. The molecule has 0 bridgehead atoms. The predicted molar refractivity (Wildman–Crippen MR) is 116 cm³/mol. The summed E-state index contributed by atoms with van der Waals surface area (Å²) in [5.41, 5.74) is 1.05. The molecule has 0 saturated heterocycles. The van der Waals surface area contributed by atoms with Gasteiger partial charge in [0.2, 0.25) is 0 Å². The number of amides is 3. The van der Waals surface area contributed by atoms with E-state index in [1.807, 2.05) is 13.0 Å². The Kier molecular flexibility index (Phi) is 6.91. The first kappa shape index (κ1) is 23.0. The van der Waals surface area contributed by atoms with Crippen LogP contribution in [0.1, 0.15) is 63.3 Å². The third-order valence-corrected chi connectivity index (χ3v) is 5.26. The topological polar surface area (TPSA) is 117 Å². The summed E-state index contributed by atoms with van der Waals surface area (Å²) >= 11 is 5.95. The van der Waals surface area contributed by atoms with Gasteiger partial charge in [0, 0.05) is 12.2 Å². The van der Waals surface area contributed by atoms with Gasteiger partial charge in [-0.1, -0.05) is 24.9 Å². The molecule has 8 nitrogen and oxygen atoms in total. The number of imide groups is 1. The Morgan fingerprint density at radius 3 is 2.53 bits per heavy atom. The summed E-state index contributed by atoms with van der Waals surface area (Å²) in [6.45, 7) is 3.67. The maximum absolute atomic E-state index is 12.6. The number of fused-ring (bicyclic) bond motifs is 1. The fourth-order valence-corrected chi connectivity index (χ4v) is 3.37. The lowest BCUT2D eigenvalue weighted by molar-refractivity contribution is -0.123. The maximum Gasteiger partial charge on any atom is 0.338 e. The van der Waals surface area contributed by atoms with E-state index >= 15 is 0 Å². The van der Waals surface area contributed by atoms with Gasteiger partial charge in [-0.25, -0.2) is 4.79 Å². The lowest BCUT2D eigenvalue weighted by atomic mass is 10.1. The molecule has 9 heteroatoms. The Hall–Kier alpha value is -3.70. The number of hydrogen-bond donors (Lipinski definition) is 1. The number of halogens is 1. The van der Waals surface area contributed by atoms with Gasteiger partial charge in [-0.2, -0.15) is 5.26 Å². The third-order valence-electron chi connectivity index (χ3n) is 4.95. The fourth-order valence-electron chi connectivity index (χ4n) is 3.15. The Morgan fingerprint density at radius 2 is 1.88 bits per heavy atom. The number of hydrogen-bond acceptors (Lipinski definition) is 6. The number of nitrogens with one attached hydrogen (secondary N) is 1. The smallest absolute Gasteiger partial charge is 0.338 e. The van der Waals surface area contributed by atoms with Crippen LogP contribution in [0.3, 0.4) is 0 Å². The van der Waals surface area contributed by atoms with E-state index in [2.05, 4.69) is 5.32 Å². The number of nitrogens with zero attached hydrogens (tertiary/aromatic N) is 2. The van der Waals surface area contributed by atoms with Crippen molar-refractivity contribution in [2.75, 3.05) is 11.9 Å². The summed E-state index contributed by atoms with van der Waals surface area (Å²) in [4.78, 5) is 51.0. The highest BCUT2D eigenvalue weighted by molar-refractivity contribution is 6.32. The van der Waals surface area contributed by atoms with Crippen LogP contribution in [-0.4, -0.2) is 41.2 Å². The van der Waals surface area contributed by atoms with Gasteiger partial charge in [-0.05, 0) is 49.7 Å². The van der Waals surface area contributed by atoms with Crippen molar-refractivity contribution in [2.24, 2.45) is 0 Å². The van der Waals surface area contributed by atoms with Crippen molar-refractivity contribution in [1.29, 1.82) is 5.26 Å². The summed E-state index contributed by atoms with van der Waals surface area (Å²) < 4.78 is 5.21. The molecule has 0 spiro atoms. The molecule has 1 atom stereocenters. The molecule has 2 aromatic rings. The van der Waals surface area contributed by atoms with Crippen LogP contribution in [0.15, 0.2) is 36.4 Å². The van der Waals surface area contributed by atoms with Gasteiger partial charge in [-0.15, -0.1) is 0 Å². The van der Waals surface area contributed by atoms with Crippen LogP contribution in [0.4, 0.5) is 5.69 Å². The van der Waals surface area contributed by atoms with E-state index < -0.39 is 23.9 Å². The predicted octanol–water partition coefficient (Wildman–Crippen LogP) is 3.79. The zero-order valence-corrected chi connectivity index (χ0v) is 18.2. The molecule has 1 heterocycles. The number of anilines is 1. The van der Waals surface area contributed by atoms with Gasteiger partial charge >= 0.3 is 5.97 Å². The zero-order chi connectivity index (χ0) is 23.4. The van der Waals surface area contributed by atoms with Crippen molar-refractivity contribution in [1.82, 2.24) is 4.90 Å². The Labute approximate surface area is 189 Å². The molecule has 1 aliphatic heterocycles. The molecular weight excluding hydrogens is 434 g/mol. The van der Waals surface area contributed by atoms with E-state index in [0.29, 0.717) is 18.7 Å². The van der Waals surface area contributed by atoms with E-state index in [9.17, 15) is 19.2 Å². The second-order valence-corrected chi connectivity index (χ2v) is 7.63. The zero-order valence-electron chi connectivity index (χ0n) is 17.5. The van der Waals surface area contributed by atoms with Crippen molar-refractivity contribution in [3.05, 3.63) is 63.7 Å². The molecule has 2 aromatic carbocycles. The van der Waals surface area contributed by atoms with E-state index in [1.54, 1.807) is 0 Å². The average molecular weight is 454 g/mol. The quantitative estimate of drug-likeness (QED) is 0.503. The van der Waals surface area contributed by atoms with Crippen LogP contribution >= 0.6 is 11.6 Å². The Morgan fingerprint density at radius 1 is 1.16 bits per heavy atom. The summed E-state index contributed by atoms with van der Waals surface area (Å²) in [7, 11) is 0. The number of unbranched alkanes of at least 4 members (excludes halogenated alkanes) is 1. The minimum atomic E-state index is -1.15. The highest BCUT2D eigenvalue weighted by atomic mass is 35.5. The second-order valence-electron chi connectivity index (χ2n) is 7.22. The number of rotatable bonds is 7. The van der Waals surface area contributed by atoms with Gasteiger partial charge in [0.1, 0.15) is 6.07 Å². The molecule has 0 aliphatic carbocycles. The SMILES string of the molecule is CCCCN1C(=O)c2ccc(C(=O)OC(C)C(=O)Nc3ccc(C#N)c(Cl)c3)cc2C1=O. The number of carbonyl (C=O) groups is 4. The molecule has 3 amide bonds. The fraction of sp³-hybridized carbons (Fsp3) is 0.261. The Balaban J connectivity index is 1.67. The molecule has 1 unspecified atom stereocenters. The number of benzene rings is 2. The van der Waals surface area contributed by atoms with E-state index in [0.717, 1.165) is 6.42 Å². The van der Waals surface area contributed by atoms with Gasteiger partial charge in [0.25, 0.3) is 17.7 Å². The van der Waals surface area contributed by atoms with Crippen molar-refractivity contribution >= 4 is 41.0 Å². The standard InChI is InChI=1S/C23H20ClN3O5/c1-3-4-9-27-21(29)17-8-6-14(10-18(17)22(27)30)23(31)32-13(2)20(28)26-16-7-5-15(12-25)19(24)11-16/h5-8,10-11,13H,3-4,9H2,1-2H3,(H,26,28). The number of nitriles is 1. The van der Waals surface area contributed by atoms with Gasteiger partial charge < -0.3 is 10.1 Å². The first-order valence-electron chi connectivity index (χ1n) is 9.98. The number of carbonyl (C=O) groups excluding carboxylic acids is 4. The average Bonchev–Trinajstić information content (AvgIpc) is 3.01. The first-order valence-corrected chi connectivity index (χ1v) is 10.4. The van der Waals surface area contributed by atoms with Crippen molar-refractivity contribution < 1.29 is 23.9 Å². The first-order chi connectivity index (χ1) is 15.3. The maximum atomic E-state index is 12.6. The van der Waals surface area contributed by atoms with Crippen molar-refractivity contribution in [2.45, 2.75) is 32.8 Å². The molecule has 0 radical (unpaired) electrons. The summed E-state index contributed by atoms with van der Waals surface area (Å²) in [6, 6.07) is 10.4. The molecule has 0 fully saturated rings. The molecular formula is C23H20ClN3O5. The highest BCUT2D eigenvalue weighted by Crippen LogP contribution is 2.25. The van der Waals surface area contributed by atoms with Crippen LogP contribution in [0, 0.1) is 11.3 Å². The molecule has 1 N–H and O–H groups in total. The van der Waals surface area contributed by atoms with Crippen molar-refractivity contribution in [3.8, 4) is 6.07 Å². The molecule has 1 aliphatic rings. The van der Waals surface area contributed by atoms with Crippen molar-refractivity contribution in [3.63, 3.8) is 0 Å². The molecule has 0 saturated carbocycles. The number of ether oxygens (including phenoxy) is 1. The molecule has 32 heavy (non-hydrogen) atoms. The van der Waals surface area contributed by atoms with Crippen LogP contribution in [0.25, 0.3) is 0 Å². The monoisotopic (exact) mass is 453 g/mol. The van der Waals surface area contributed by atoms with Crippen LogP contribution in [0.5, 0.6) is 0 Å². The summed E-state index contributed by atoms with van der Waals surface area (Å²) in [5.74, 6) is -2.23. The molecule has 0 aromatic heterocycles. The lowest BCUT2D eigenvalue weighted by Crippen LogP contribution is -2.30. The van der Waals surface area contributed by atoms with E-state index in [-0.39, 0.29) is 33.2 Å². The van der Waals surface area contributed by atoms with Gasteiger partial charge in [-0.3, -0.25) is 19.3 Å². The summed E-state index contributed by atoms with van der Waals surface area (Å²) in [5, 5.41) is 11.6. The van der Waals surface area contributed by atoms with Crippen LogP contribution in [-0.2, 0) is 9.53 Å².